The molecule has 0 aromatic rings. The average Bonchev–Trinajstić information content (AvgIpc) is 2.76. The minimum atomic E-state index is -0.482. The molecule has 2 heteroatoms. The summed E-state index contributed by atoms with van der Waals surface area (Å²) in [5.41, 5.74) is -0.760. The standard InChI is InChI=1S/C19H34O2/c1-15(2,3)17(6,7)14(20)21-19(9)16(4,5)13-10-11-18(19,8)12-13/h13H,10-12H2,1-9H3. The molecule has 2 aliphatic rings. The zero-order valence-electron chi connectivity index (χ0n) is 15.5. The Morgan fingerprint density at radius 1 is 1.05 bits per heavy atom. The molecule has 0 spiro atoms. The number of carbonyl (C=O) groups is 1. The van der Waals surface area contributed by atoms with Gasteiger partial charge in [-0.2, -0.15) is 0 Å². The van der Waals surface area contributed by atoms with E-state index in [1.54, 1.807) is 0 Å². The summed E-state index contributed by atoms with van der Waals surface area (Å²) in [4.78, 5) is 13.0. The quantitative estimate of drug-likeness (QED) is 0.654. The highest BCUT2D eigenvalue weighted by Gasteiger charge is 2.69. The van der Waals surface area contributed by atoms with E-state index in [1.165, 1.54) is 19.3 Å². The molecule has 2 fully saturated rings. The predicted molar refractivity (Wildman–Crippen MR) is 87.0 cm³/mol. The molecule has 2 aliphatic carbocycles. The van der Waals surface area contributed by atoms with Crippen LogP contribution < -0.4 is 0 Å². The Kier molecular flexibility index (Phi) is 3.42. The molecule has 2 saturated carbocycles. The van der Waals surface area contributed by atoms with Gasteiger partial charge in [0.05, 0.1) is 5.41 Å². The Bertz CT molecular complexity index is 448. The van der Waals surface area contributed by atoms with Gasteiger partial charge in [-0.25, -0.2) is 0 Å². The van der Waals surface area contributed by atoms with E-state index in [-0.39, 0.29) is 27.8 Å². The number of fused-ring (bicyclic) bond motifs is 2. The first kappa shape index (κ1) is 16.8. The van der Waals surface area contributed by atoms with Crippen LogP contribution >= 0.6 is 0 Å². The first-order valence-corrected chi connectivity index (χ1v) is 8.42. The van der Waals surface area contributed by atoms with Gasteiger partial charge in [0.2, 0.25) is 0 Å². The van der Waals surface area contributed by atoms with E-state index in [4.69, 9.17) is 4.74 Å². The van der Waals surface area contributed by atoms with Crippen LogP contribution in [0.3, 0.4) is 0 Å². The topological polar surface area (TPSA) is 26.3 Å². The SMILES string of the molecule is CC(C)(C)C(C)(C)C(=O)OC1(C)C2(C)CCC(C2)C1(C)C. The molecule has 0 radical (unpaired) electrons. The molecule has 21 heavy (non-hydrogen) atoms. The van der Waals surface area contributed by atoms with Crippen LogP contribution in [-0.2, 0) is 9.53 Å². The van der Waals surface area contributed by atoms with Crippen molar-refractivity contribution in [2.45, 2.75) is 87.2 Å². The van der Waals surface area contributed by atoms with Crippen LogP contribution in [0.4, 0.5) is 0 Å². The van der Waals surface area contributed by atoms with Crippen LogP contribution in [-0.4, -0.2) is 11.6 Å². The molecule has 122 valence electrons. The van der Waals surface area contributed by atoms with Crippen LogP contribution in [0, 0.1) is 27.6 Å². The third kappa shape index (κ3) is 2.00. The summed E-state index contributed by atoms with van der Waals surface area (Å²) in [5.74, 6) is 0.636. The van der Waals surface area contributed by atoms with Gasteiger partial charge in [0.25, 0.3) is 0 Å². The Morgan fingerprint density at radius 3 is 1.95 bits per heavy atom. The predicted octanol–water partition coefficient (Wildman–Crippen LogP) is 5.21. The fourth-order valence-electron chi connectivity index (χ4n) is 4.33. The van der Waals surface area contributed by atoms with Gasteiger partial charge in [-0.05, 0) is 51.4 Å². The minimum absolute atomic E-state index is 0.0423. The fourth-order valence-corrected chi connectivity index (χ4v) is 4.33. The van der Waals surface area contributed by atoms with Gasteiger partial charge >= 0.3 is 5.97 Å². The maximum atomic E-state index is 13.0. The average molecular weight is 294 g/mol. The van der Waals surface area contributed by atoms with Gasteiger partial charge in [-0.15, -0.1) is 0 Å². The molecule has 2 nitrogen and oxygen atoms in total. The van der Waals surface area contributed by atoms with Crippen molar-refractivity contribution in [3.05, 3.63) is 0 Å². The van der Waals surface area contributed by atoms with Crippen LogP contribution in [0.25, 0.3) is 0 Å². The normalized spacial score (nSPS) is 38.6. The van der Waals surface area contributed by atoms with Crippen LogP contribution in [0.1, 0.15) is 81.6 Å². The molecule has 2 rings (SSSR count). The molecule has 0 N–H and O–H groups in total. The second-order valence-corrected chi connectivity index (χ2v) is 10.0. The summed E-state index contributed by atoms with van der Waals surface area (Å²) in [7, 11) is 0. The first-order chi connectivity index (χ1) is 9.19. The second-order valence-electron chi connectivity index (χ2n) is 10.0. The molecule has 3 atom stereocenters. The fraction of sp³-hybridized carbons (Fsp3) is 0.947. The second kappa shape index (κ2) is 4.26. The van der Waals surface area contributed by atoms with Crippen molar-refractivity contribution in [3.63, 3.8) is 0 Å². The number of ether oxygens (including phenoxy) is 1. The molecule has 0 aromatic heterocycles. The monoisotopic (exact) mass is 294 g/mol. The van der Waals surface area contributed by atoms with Crippen LogP contribution in [0.5, 0.6) is 0 Å². The lowest BCUT2D eigenvalue weighted by atomic mass is 9.61. The number of esters is 1. The molecular weight excluding hydrogens is 260 g/mol. The number of carbonyl (C=O) groups excluding carboxylic acids is 1. The lowest BCUT2D eigenvalue weighted by molar-refractivity contribution is -0.207. The lowest BCUT2D eigenvalue weighted by Gasteiger charge is -2.52. The summed E-state index contributed by atoms with van der Waals surface area (Å²) in [5, 5.41) is 0. The first-order valence-electron chi connectivity index (χ1n) is 8.42. The third-order valence-corrected chi connectivity index (χ3v) is 7.83. The Balaban J connectivity index is 2.33. The van der Waals surface area contributed by atoms with Crippen molar-refractivity contribution >= 4 is 5.97 Å². The number of hydrogen-bond donors (Lipinski definition) is 0. The maximum absolute atomic E-state index is 13.0. The van der Waals surface area contributed by atoms with E-state index in [9.17, 15) is 4.79 Å². The maximum Gasteiger partial charge on any atom is 0.312 e. The number of hydrogen-bond acceptors (Lipinski definition) is 2. The van der Waals surface area contributed by atoms with Crippen molar-refractivity contribution in [2.75, 3.05) is 0 Å². The van der Waals surface area contributed by atoms with Gasteiger partial charge in [0.15, 0.2) is 0 Å². The molecule has 0 aliphatic heterocycles. The van der Waals surface area contributed by atoms with Crippen molar-refractivity contribution < 1.29 is 9.53 Å². The lowest BCUT2D eigenvalue weighted by Crippen LogP contribution is -2.56. The Morgan fingerprint density at radius 2 is 1.57 bits per heavy atom. The zero-order valence-corrected chi connectivity index (χ0v) is 15.5. The summed E-state index contributed by atoms with van der Waals surface area (Å²) >= 11 is 0. The molecule has 0 heterocycles. The van der Waals surface area contributed by atoms with Crippen molar-refractivity contribution in [1.82, 2.24) is 0 Å². The Labute approximate surface area is 131 Å². The van der Waals surface area contributed by atoms with Gasteiger partial charge in [0, 0.05) is 10.8 Å². The van der Waals surface area contributed by atoms with Gasteiger partial charge < -0.3 is 4.74 Å². The largest absolute Gasteiger partial charge is 0.458 e. The van der Waals surface area contributed by atoms with E-state index in [2.05, 4.69) is 48.5 Å². The van der Waals surface area contributed by atoms with Gasteiger partial charge in [-0.1, -0.05) is 41.5 Å². The summed E-state index contributed by atoms with van der Waals surface area (Å²) in [6.45, 7) is 19.5. The number of rotatable bonds is 2. The molecule has 0 amide bonds. The van der Waals surface area contributed by atoms with Gasteiger partial charge in [-0.3, -0.25) is 4.79 Å². The molecular formula is C19H34O2. The molecule has 0 saturated heterocycles. The smallest absolute Gasteiger partial charge is 0.312 e. The van der Waals surface area contributed by atoms with Gasteiger partial charge in [0.1, 0.15) is 5.60 Å². The highest BCUT2D eigenvalue weighted by molar-refractivity contribution is 5.77. The molecule has 3 unspecified atom stereocenters. The summed E-state index contributed by atoms with van der Waals surface area (Å²) in [6.07, 6.45) is 3.65. The van der Waals surface area contributed by atoms with Crippen LogP contribution in [0.2, 0.25) is 0 Å². The van der Waals surface area contributed by atoms with E-state index in [0.29, 0.717) is 5.92 Å². The highest BCUT2D eigenvalue weighted by atomic mass is 16.6. The van der Waals surface area contributed by atoms with E-state index >= 15 is 0 Å². The summed E-state index contributed by atoms with van der Waals surface area (Å²) < 4.78 is 6.30. The van der Waals surface area contributed by atoms with E-state index < -0.39 is 5.41 Å². The van der Waals surface area contributed by atoms with E-state index in [1.807, 2.05) is 13.8 Å². The van der Waals surface area contributed by atoms with Crippen molar-refractivity contribution in [3.8, 4) is 0 Å². The van der Waals surface area contributed by atoms with Crippen molar-refractivity contribution in [1.29, 1.82) is 0 Å². The highest BCUT2D eigenvalue weighted by Crippen LogP contribution is 2.69. The zero-order chi connectivity index (χ0) is 16.5. The minimum Gasteiger partial charge on any atom is -0.458 e. The summed E-state index contributed by atoms with van der Waals surface area (Å²) in [6, 6.07) is 0. The molecule has 0 aromatic carbocycles. The van der Waals surface area contributed by atoms with Crippen LogP contribution in [0.15, 0.2) is 0 Å². The van der Waals surface area contributed by atoms with E-state index in [0.717, 1.165) is 0 Å². The Hall–Kier alpha value is -0.530. The van der Waals surface area contributed by atoms with Crippen molar-refractivity contribution in [2.24, 2.45) is 27.6 Å². The molecule has 2 bridgehead atoms. The third-order valence-electron chi connectivity index (χ3n) is 7.83.